The van der Waals surface area contributed by atoms with Gasteiger partial charge in [-0.15, -0.1) is 0 Å². The van der Waals surface area contributed by atoms with Crippen molar-refractivity contribution < 1.29 is 26.7 Å². The molecule has 3 rings (SSSR count). The first-order chi connectivity index (χ1) is 10.5. The third-order valence-electron chi connectivity index (χ3n) is 3.50. The molecule has 114 valence electrons. The number of carbonyl (C=O) groups excluding carboxylic acids is 1. The molecule has 1 aliphatic rings. The second kappa shape index (κ2) is 5.43. The molecule has 22 heavy (non-hydrogen) atoms. The predicted molar refractivity (Wildman–Crippen MR) is 77.7 cm³/mol. The van der Waals surface area contributed by atoms with Crippen LogP contribution in [0.2, 0.25) is 0 Å². The summed E-state index contributed by atoms with van der Waals surface area (Å²) in [6, 6.07) is 15.4. The maximum absolute atomic E-state index is 11.3. The van der Waals surface area contributed by atoms with Crippen LogP contribution < -0.4 is 0 Å². The Labute approximate surface area is 127 Å². The molecular formula is C15H12O6S. The molecule has 2 aromatic carbocycles. The Hall–Kier alpha value is -2.38. The highest BCUT2D eigenvalue weighted by Gasteiger charge is 2.29. The monoisotopic (exact) mass is 320 g/mol. The van der Waals surface area contributed by atoms with Crippen molar-refractivity contribution in [1.82, 2.24) is 0 Å². The van der Waals surface area contributed by atoms with Crippen LogP contribution in [-0.4, -0.2) is 25.7 Å². The van der Waals surface area contributed by atoms with Gasteiger partial charge in [0.2, 0.25) is 0 Å². The summed E-state index contributed by atoms with van der Waals surface area (Å²) in [6.45, 7) is -0.0810. The van der Waals surface area contributed by atoms with Crippen molar-refractivity contribution in [3.05, 3.63) is 59.7 Å². The fraction of sp³-hybridized carbons (Fsp3) is 0.133. The molecule has 0 aromatic heterocycles. The molecule has 0 bridgehead atoms. The van der Waals surface area contributed by atoms with Crippen molar-refractivity contribution in [3.8, 4) is 11.1 Å². The van der Waals surface area contributed by atoms with Crippen molar-refractivity contribution in [1.29, 1.82) is 0 Å². The Morgan fingerprint density at radius 1 is 1.00 bits per heavy atom. The van der Waals surface area contributed by atoms with Crippen LogP contribution >= 0.6 is 0 Å². The molecule has 7 heteroatoms. The van der Waals surface area contributed by atoms with E-state index in [0.717, 1.165) is 22.3 Å². The van der Waals surface area contributed by atoms with Gasteiger partial charge in [0.05, 0.1) is 0 Å². The zero-order valence-electron chi connectivity index (χ0n) is 11.3. The van der Waals surface area contributed by atoms with Gasteiger partial charge in [0.1, 0.15) is 6.61 Å². The Bertz CT molecular complexity index is 782. The van der Waals surface area contributed by atoms with Crippen molar-refractivity contribution in [3.63, 3.8) is 0 Å². The first-order valence-electron chi connectivity index (χ1n) is 6.47. The Kier molecular flexibility index (Phi) is 3.59. The number of fused-ring (bicyclic) bond motifs is 3. The average Bonchev–Trinajstić information content (AvgIpc) is 2.78. The first-order valence-corrected chi connectivity index (χ1v) is 7.84. The lowest BCUT2D eigenvalue weighted by atomic mass is 9.98. The minimum absolute atomic E-state index is 0.0810. The molecule has 0 radical (unpaired) electrons. The molecule has 0 aliphatic heterocycles. The average molecular weight is 320 g/mol. The summed E-state index contributed by atoms with van der Waals surface area (Å²) in [5.74, 6) is -0.207. The highest BCUT2D eigenvalue weighted by molar-refractivity contribution is 7.81. The van der Waals surface area contributed by atoms with Crippen LogP contribution in [0.25, 0.3) is 11.1 Å². The van der Waals surface area contributed by atoms with Gasteiger partial charge in [-0.25, -0.2) is 4.79 Å². The SMILES string of the molecule is O=C(OCC1c2ccccc2-c2ccccc21)OS(=O)(=O)O. The normalized spacial score (nSPS) is 13.3. The third-order valence-corrected chi connectivity index (χ3v) is 3.85. The van der Waals surface area contributed by atoms with E-state index in [2.05, 4.69) is 4.18 Å². The lowest BCUT2D eigenvalue weighted by Crippen LogP contribution is -2.17. The van der Waals surface area contributed by atoms with Crippen molar-refractivity contribution >= 4 is 16.6 Å². The van der Waals surface area contributed by atoms with Gasteiger partial charge < -0.3 is 4.74 Å². The summed E-state index contributed by atoms with van der Waals surface area (Å²) in [6.07, 6.45) is -1.45. The molecule has 0 saturated carbocycles. The summed E-state index contributed by atoms with van der Waals surface area (Å²) in [5, 5.41) is 0. The Morgan fingerprint density at radius 3 is 2.00 bits per heavy atom. The Balaban J connectivity index is 1.84. The number of carbonyl (C=O) groups is 1. The molecule has 0 saturated heterocycles. The Morgan fingerprint density at radius 2 is 1.50 bits per heavy atom. The maximum atomic E-state index is 11.3. The van der Waals surface area contributed by atoms with Crippen molar-refractivity contribution in [2.75, 3.05) is 6.61 Å². The first kappa shape index (κ1) is 14.6. The van der Waals surface area contributed by atoms with E-state index >= 15 is 0 Å². The molecule has 1 aliphatic carbocycles. The van der Waals surface area contributed by atoms with Crippen molar-refractivity contribution in [2.45, 2.75) is 5.92 Å². The van der Waals surface area contributed by atoms with E-state index in [0.29, 0.717) is 0 Å². The van der Waals surface area contributed by atoms with Gasteiger partial charge in [-0.2, -0.15) is 8.42 Å². The van der Waals surface area contributed by atoms with Crippen LogP contribution in [0, 0.1) is 0 Å². The van der Waals surface area contributed by atoms with Crippen LogP contribution in [0.1, 0.15) is 17.0 Å². The van der Waals surface area contributed by atoms with E-state index in [4.69, 9.17) is 9.29 Å². The van der Waals surface area contributed by atoms with Gasteiger partial charge in [0.25, 0.3) is 0 Å². The summed E-state index contributed by atoms with van der Waals surface area (Å²) in [4.78, 5) is 11.3. The van der Waals surface area contributed by atoms with Gasteiger partial charge in [-0.1, -0.05) is 48.5 Å². The highest BCUT2D eigenvalue weighted by Crippen LogP contribution is 2.44. The topological polar surface area (TPSA) is 89.9 Å². The minimum Gasteiger partial charge on any atom is -0.432 e. The van der Waals surface area contributed by atoms with Gasteiger partial charge in [0.15, 0.2) is 0 Å². The van der Waals surface area contributed by atoms with E-state index in [-0.39, 0.29) is 12.5 Å². The number of ether oxygens (including phenoxy) is 1. The molecule has 0 unspecified atom stereocenters. The van der Waals surface area contributed by atoms with Gasteiger partial charge in [-0.05, 0) is 22.3 Å². The molecular weight excluding hydrogens is 308 g/mol. The molecule has 6 nitrogen and oxygen atoms in total. The maximum Gasteiger partial charge on any atom is 0.525 e. The minimum atomic E-state index is -4.86. The summed E-state index contributed by atoms with van der Waals surface area (Å²) < 4.78 is 37.9. The third kappa shape index (κ3) is 2.81. The van der Waals surface area contributed by atoms with E-state index in [9.17, 15) is 13.2 Å². The van der Waals surface area contributed by atoms with Crippen LogP contribution in [0.15, 0.2) is 48.5 Å². The fourth-order valence-electron chi connectivity index (χ4n) is 2.70. The van der Waals surface area contributed by atoms with Gasteiger partial charge in [0, 0.05) is 5.92 Å². The van der Waals surface area contributed by atoms with Crippen LogP contribution in [0.5, 0.6) is 0 Å². The van der Waals surface area contributed by atoms with E-state index in [1.165, 1.54) is 0 Å². The molecule has 0 fully saturated rings. The lowest BCUT2D eigenvalue weighted by molar-refractivity contribution is 0.0945. The van der Waals surface area contributed by atoms with E-state index in [1.54, 1.807) is 0 Å². The van der Waals surface area contributed by atoms with E-state index in [1.807, 2.05) is 48.5 Å². The summed E-state index contributed by atoms with van der Waals surface area (Å²) in [7, 11) is -4.86. The summed E-state index contributed by atoms with van der Waals surface area (Å²) in [5.41, 5.74) is 4.08. The van der Waals surface area contributed by atoms with Crippen LogP contribution in [0.3, 0.4) is 0 Å². The van der Waals surface area contributed by atoms with Crippen LogP contribution in [-0.2, 0) is 19.3 Å². The molecule has 0 atom stereocenters. The zero-order chi connectivity index (χ0) is 15.7. The highest BCUT2D eigenvalue weighted by atomic mass is 32.3. The molecule has 2 aromatic rings. The molecule has 0 heterocycles. The second-order valence-corrected chi connectivity index (χ2v) is 5.82. The van der Waals surface area contributed by atoms with Gasteiger partial charge >= 0.3 is 16.6 Å². The van der Waals surface area contributed by atoms with Crippen molar-refractivity contribution in [2.24, 2.45) is 0 Å². The molecule has 0 amide bonds. The predicted octanol–water partition coefficient (Wildman–Crippen LogP) is 2.75. The number of benzene rings is 2. The van der Waals surface area contributed by atoms with Crippen LogP contribution in [0.4, 0.5) is 4.79 Å². The fourth-order valence-corrected chi connectivity index (χ4v) is 2.92. The zero-order valence-corrected chi connectivity index (χ0v) is 12.1. The van der Waals surface area contributed by atoms with E-state index < -0.39 is 16.6 Å². The molecule has 1 N–H and O–H groups in total. The summed E-state index contributed by atoms with van der Waals surface area (Å²) >= 11 is 0. The standard InChI is InChI=1S/C15H12O6S/c16-15(21-22(17,18)19)20-9-14-12-7-3-1-5-10(12)11-6-2-4-8-13(11)14/h1-8,14H,9H2,(H,17,18,19). The number of rotatable bonds is 3. The largest absolute Gasteiger partial charge is 0.525 e. The lowest BCUT2D eigenvalue weighted by Gasteiger charge is -2.13. The second-order valence-electron chi connectivity index (χ2n) is 4.80. The smallest absolute Gasteiger partial charge is 0.432 e. The van der Waals surface area contributed by atoms with Gasteiger partial charge in [-0.3, -0.25) is 8.74 Å². The number of hydrogen-bond acceptors (Lipinski definition) is 5. The number of hydrogen-bond donors (Lipinski definition) is 1. The molecule has 0 spiro atoms. The quantitative estimate of drug-likeness (QED) is 0.691.